The van der Waals surface area contributed by atoms with Crippen LogP contribution in [-0.2, 0) is 6.54 Å². The molecule has 0 spiro atoms. The predicted octanol–water partition coefficient (Wildman–Crippen LogP) is 3.25. The van der Waals surface area contributed by atoms with Crippen molar-refractivity contribution in [1.82, 2.24) is 15.2 Å². The lowest BCUT2D eigenvalue weighted by molar-refractivity contribution is 0.0951. The van der Waals surface area contributed by atoms with Gasteiger partial charge in [-0.1, -0.05) is 12.1 Å². The molecular weight excluding hydrogens is 340 g/mol. The van der Waals surface area contributed by atoms with Crippen LogP contribution >= 0.6 is 0 Å². The number of nitrogens with one attached hydrogen (secondary N) is 2. The number of aromatic nitrogens is 1. The Labute approximate surface area is 159 Å². The second kappa shape index (κ2) is 9.00. The first-order chi connectivity index (χ1) is 13.1. The van der Waals surface area contributed by atoms with Crippen molar-refractivity contribution in [2.45, 2.75) is 6.54 Å². The second-order valence-corrected chi connectivity index (χ2v) is 6.59. The molecule has 6 heteroatoms. The summed E-state index contributed by atoms with van der Waals surface area (Å²) < 4.78 is 5.08. The predicted molar refractivity (Wildman–Crippen MR) is 107 cm³/mol. The standard InChI is InChI=1S/C21H24N4O2/c1-25(2)8-7-23-21(26)18-5-3-4-17(10-18)19-11-20(14-22-13-19)24-12-16-6-9-27-15-16/h3-6,9-11,13-15,24H,7-8,12H2,1-2H3,(H,23,26). The van der Waals surface area contributed by atoms with E-state index < -0.39 is 0 Å². The van der Waals surface area contributed by atoms with Crippen molar-refractivity contribution in [3.8, 4) is 11.1 Å². The highest BCUT2D eigenvalue weighted by molar-refractivity contribution is 5.95. The van der Waals surface area contributed by atoms with Gasteiger partial charge < -0.3 is 20.0 Å². The maximum atomic E-state index is 12.3. The van der Waals surface area contributed by atoms with E-state index in [1.807, 2.05) is 55.4 Å². The van der Waals surface area contributed by atoms with E-state index in [9.17, 15) is 4.79 Å². The maximum absolute atomic E-state index is 12.3. The molecule has 2 heterocycles. The summed E-state index contributed by atoms with van der Waals surface area (Å²) in [5.41, 5.74) is 4.53. The van der Waals surface area contributed by atoms with E-state index in [1.54, 1.807) is 24.9 Å². The zero-order valence-corrected chi connectivity index (χ0v) is 15.6. The Morgan fingerprint density at radius 1 is 1.15 bits per heavy atom. The molecular formula is C21H24N4O2. The molecule has 0 radical (unpaired) electrons. The van der Waals surface area contributed by atoms with Gasteiger partial charge in [-0.3, -0.25) is 9.78 Å². The highest BCUT2D eigenvalue weighted by Gasteiger charge is 2.08. The van der Waals surface area contributed by atoms with E-state index in [4.69, 9.17) is 4.42 Å². The van der Waals surface area contributed by atoms with Gasteiger partial charge in [0.1, 0.15) is 0 Å². The van der Waals surface area contributed by atoms with Gasteiger partial charge in [-0.25, -0.2) is 0 Å². The number of likely N-dealkylation sites (N-methyl/N-ethyl adjacent to an activating group) is 1. The summed E-state index contributed by atoms with van der Waals surface area (Å²) in [6.07, 6.45) is 6.94. The van der Waals surface area contributed by atoms with Crippen molar-refractivity contribution < 1.29 is 9.21 Å². The van der Waals surface area contributed by atoms with Gasteiger partial charge in [-0.15, -0.1) is 0 Å². The number of hydrogen-bond donors (Lipinski definition) is 2. The Bertz CT molecular complexity index is 875. The number of carbonyl (C=O) groups is 1. The Morgan fingerprint density at radius 2 is 2.04 bits per heavy atom. The van der Waals surface area contributed by atoms with Crippen LogP contribution in [0.5, 0.6) is 0 Å². The van der Waals surface area contributed by atoms with Gasteiger partial charge in [-0.05, 0) is 43.9 Å². The summed E-state index contributed by atoms with van der Waals surface area (Å²) in [6.45, 7) is 2.08. The van der Waals surface area contributed by atoms with Crippen molar-refractivity contribution in [1.29, 1.82) is 0 Å². The van der Waals surface area contributed by atoms with Gasteiger partial charge in [0.05, 0.1) is 18.2 Å². The van der Waals surface area contributed by atoms with Gasteiger partial charge in [0.2, 0.25) is 0 Å². The number of benzene rings is 1. The molecule has 27 heavy (non-hydrogen) atoms. The second-order valence-electron chi connectivity index (χ2n) is 6.59. The third-order valence-electron chi connectivity index (χ3n) is 4.12. The number of carbonyl (C=O) groups excluding carboxylic acids is 1. The van der Waals surface area contributed by atoms with Gasteiger partial charge in [0.25, 0.3) is 5.91 Å². The zero-order chi connectivity index (χ0) is 19.1. The lowest BCUT2D eigenvalue weighted by Crippen LogP contribution is -2.31. The summed E-state index contributed by atoms with van der Waals surface area (Å²) in [4.78, 5) is 18.7. The number of nitrogens with zero attached hydrogens (tertiary/aromatic N) is 2. The number of furan rings is 1. The molecule has 0 fully saturated rings. The largest absolute Gasteiger partial charge is 0.472 e. The SMILES string of the molecule is CN(C)CCNC(=O)c1cccc(-c2cncc(NCc3ccoc3)c2)c1. The zero-order valence-electron chi connectivity index (χ0n) is 15.6. The first kappa shape index (κ1) is 18.7. The molecule has 0 saturated carbocycles. The molecule has 3 rings (SSSR count). The summed E-state index contributed by atoms with van der Waals surface area (Å²) in [6, 6.07) is 11.5. The van der Waals surface area contributed by atoms with Gasteiger partial charge in [0, 0.05) is 48.7 Å². The number of anilines is 1. The first-order valence-corrected chi connectivity index (χ1v) is 8.85. The fraction of sp³-hybridized carbons (Fsp3) is 0.238. The van der Waals surface area contributed by atoms with Crippen LogP contribution in [0.1, 0.15) is 15.9 Å². The molecule has 1 amide bonds. The Morgan fingerprint density at radius 3 is 2.81 bits per heavy atom. The minimum atomic E-state index is -0.0686. The van der Waals surface area contributed by atoms with Crippen LogP contribution in [0.2, 0.25) is 0 Å². The molecule has 0 unspecified atom stereocenters. The number of hydrogen-bond acceptors (Lipinski definition) is 5. The molecule has 0 aliphatic carbocycles. The van der Waals surface area contributed by atoms with Crippen molar-refractivity contribution in [3.05, 3.63) is 72.4 Å². The topological polar surface area (TPSA) is 70.4 Å². The van der Waals surface area contributed by atoms with Crippen molar-refractivity contribution in [3.63, 3.8) is 0 Å². The quantitative estimate of drug-likeness (QED) is 0.642. The minimum absolute atomic E-state index is 0.0686. The molecule has 3 aromatic rings. The number of pyridine rings is 1. The van der Waals surface area contributed by atoms with E-state index in [0.717, 1.165) is 28.9 Å². The van der Waals surface area contributed by atoms with Crippen molar-refractivity contribution in [2.24, 2.45) is 0 Å². The van der Waals surface area contributed by atoms with E-state index in [-0.39, 0.29) is 5.91 Å². The Hall–Kier alpha value is -3.12. The summed E-state index contributed by atoms with van der Waals surface area (Å²) in [7, 11) is 3.96. The van der Waals surface area contributed by atoms with Crippen LogP contribution in [0, 0.1) is 0 Å². The normalized spacial score (nSPS) is 10.8. The Kier molecular flexibility index (Phi) is 6.22. The van der Waals surface area contributed by atoms with Crippen LogP contribution < -0.4 is 10.6 Å². The average Bonchev–Trinajstić information content (AvgIpc) is 3.20. The fourth-order valence-electron chi connectivity index (χ4n) is 2.63. The molecule has 0 aliphatic rings. The van der Waals surface area contributed by atoms with Crippen LogP contribution in [0.3, 0.4) is 0 Å². The highest BCUT2D eigenvalue weighted by atomic mass is 16.3. The van der Waals surface area contributed by atoms with Gasteiger partial charge in [-0.2, -0.15) is 0 Å². The maximum Gasteiger partial charge on any atom is 0.251 e. The minimum Gasteiger partial charge on any atom is -0.472 e. The summed E-state index contributed by atoms with van der Waals surface area (Å²) in [5.74, 6) is -0.0686. The molecule has 0 saturated heterocycles. The van der Waals surface area contributed by atoms with Gasteiger partial charge in [0.15, 0.2) is 0 Å². The molecule has 0 bridgehead atoms. The van der Waals surface area contributed by atoms with Crippen LogP contribution in [0.15, 0.2) is 65.7 Å². The lowest BCUT2D eigenvalue weighted by Gasteiger charge is -2.11. The van der Waals surface area contributed by atoms with Crippen molar-refractivity contribution in [2.75, 3.05) is 32.5 Å². The molecule has 2 aromatic heterocycles. The molecule has 140 valence electrons. The highest BCUT2D eigenvalue weighted by Crippen LogP contribution is 2.23. The molecule has 6 nitrogen and oxygen atoms in total. The van der Waals surface area contributed by atoms with E-state index >= 15 is 0 Å². The lowest BCUT2D eigenvalue weighted by atomic mass is 10.0. The van der Waals surface area contributed by atoms with Crippen molar-refractivity contribution >= 4 is 11.6 Å². The molecule has 0 atom stereocenters. The molecule has 0 aliphatic heterocycles. The number of amides is 1. The summed E-state index contributed by atoms with van der Waals surface area (Å²) >= 11 is 0. The van der Waals surface area contributed by atoms with Gasteiger partial charge >= 0.3 is 0 Å². The molecule has 2 N–H and O–H groups in total. The van der Waals surface area contributed by atoms with Crippen LogP contribution in [0.4, 0.5) is 5.69 Å². The van der Waals surface area contributed by atoms with E-state index in [1.165, 1.54) is 0 Å². The Balaban J connectivity index is 1.69. The average molecular weight is 364 g/mol. The molecule has 1 aromatic carbocycles. The van der Waals surface area contributed by atoms with E-state index in [0.29, 0.717) is 18.7 Å². The fourth-order valence-corrected chi connectivity index (χ4v) is 2.63. The van der Waals surface area contributed by atoms with Crippen LogP contribution in [0.25, 0.3) is 11.1 Å². The number of rotatable bonds is 8. The summed E-state index contributed by atoms with van der Waals surface area (Å²) in [5, 5.41) is 6.27. The smallest absolute Gasteiger partial charge is 0.251 e. The monoisotopic (exact) mass is 364 g/mol. The first-order valence-electron chi connectivity index (χ1n) is 8.85. The van der Waals surface area contributed by atoms with E-state index in [2.05, 4.69) is 15.6 Å². The van der Waals surface area contributed by atoms with Crippen LogP contribution in [-0.4, -0.2) is 43.0 Å². The third kappa shape index (κ3) is 5.43. The third-order valence-corrected chi connectivity index (χ3v) is 4.12.